The number of fused-ring (bicyclic) bond motifs is 2. The summed E-state index contributed by atoms with van der Waals surface area (Å²) in [7, 11) is 0. The van der Waals surface area contributed by atoms with Crippen LogP contribution in [0.15, 0.2) is 30.5 Å². The van der Waals surface area contributed by atoms with Crippen LogP contribution in [-0.2, 0) is 37.1 Å². The van der Waals surface area contributed by atoms with Crippen molar-refractivity contribution in [2.75, 3.05) is 6.54 Å². The number of rotatable bonds is 2. The summed E-state index contributed by atoms with van der Waals surface area (Å²) >= 11 is 0. The van der Waals surface area contributed by atoms with Crippen LogP contribution in [-0.4, -0.2) is 27.1 Å². The quantitative estimate of drug-likeness (QED) is 0.853. The lowest BCUT2D eigenvalue weighted by molar-refractivity contribution is -0.133. The third-order valence-corrected chi connectivity index (χ3v) is 4.81. The number of hydrogen-bond acceptors (Lipinski definition) is 2. The highest BCUT2D eigenvalue weighted by Gasteiger charge is 2.21. The van der Waals surface area contributed by atoms with E-state index in [1.54, 1.807) is 0 Å². The number of aryl methyl sites for hydroxylation is 2. The number of amides is 1. The van der Waals surface area contributed by atoms with Crippen LogP contribution in [0.25, 0.3) is 0 Å². The number of aromatic nitrogens is 2. The summed E-state index contributed by atoms with van der Waals surface area (Å²) in [4.78, 5) is 14.5. The van der Waals surface area contributed by atoms with Crippen molar-refractivity contribution in [1.29, 1.82) is 0 Å². The second-order valence-electron chi connectivity index (χ2n) is 6.34. The van der Waals surface area contributed by atoms with Gasteiger partial charge < -0.3 is 4.90 Å². The smallest absolute Gasteiger partial charge is 0.244 e. The van der Waals surface area contributed by atoms with Crippen LogP contribution in [0.4, 0.5) is 0 Å². The number of carbonyl (C=O) groups is 1. The Morgan fingerprint density at radius 3 is 2.73 bits per heavy atom. The molecule has 1 amide bonds. The molecular formula is C18H21N3O. The molecule has 2 aliphatic rings. The van der Waals surface area contributed by atoms with Crippen molar-refractivity contribution < 1.29 is 4.79 Å². The minimum absolute atomic E-state index is 0.175. The predicted octanol–water partition coefficient (Wildman–Crippen LogP) is 2.35. The summed E-state index contributed by atoms with van der Waals surface area (Å²) in [6, 6.07) is 8.42. The van der Waals surface area contributed by atoms with E-state index in [0.717, 1.165) is 32.4 Å². The van der Waals surface area contributed by atoms with Crippen molar-refractivity contribution in [2.24, 2.45) is 0 Å². The SMILES string of the molecule is O=C(Cn1cc2c(n1)CCCC2)N1CCc2ccccc2C1. The molecular weight excluding hydrogens is 274 g/mol. The first-order valence-electron chi connectivity index (χ1n) is 8.19. The molecule has 1 aromatic carbocycles. The molecule has 0 spiro atoms. The van der Waals surface area contributed by atoms with E-state index in [1.165, 1.54) is 35.2 Å². The lowest BCUT2D eigenvalue weighted by Crippen LogP contribution is -2.38. The van der Waals surface area contributed by atoms with E-state index in [-0.39, 0.29) is 5.91 Å². The van der Waals surface area contributed by atoms with Crippen molar-refractivity contribution >= 4 is 5.91 Å². The highest BCUT2D eigenvalue weighted by molar-refractivity contribution is 5.76. The molecule has 0 saturated heterocycles. The molecule has 0 atom stereocenters. The Balaban J connectivity index is 1.45. The van der Waals surface area contributed by atoms with Crippen LogP contribution in [0.3, 0.4) is 0 Å². The van der Waals surface area contributed by atoms with Crippen LogP contribution in [0.5, 0.6) is 0 Å². The van der Waals surface area contributed by atoms with Crippen molar-refractivity contribution in [1.82, 2.24) is 14.7 Å². The lowest BCUT2D eigenvalue weighted by Gasteiger charge is -2.28. The molecule has 0 N–H and O–H groups in total. The molecule has 0 fully saturated rings. The summed E-state index contributed by atoms with van der Waals surface area (Å²) in [5.74, 6) is 0.175. The second kappa shape index (κ2) is 5.59. The van der Waals surface area contributed by atoms with Gasteiger partial charge in [-0.3, -0.25) is 9.48 Å². The molecule has 0 bridgehead atoms. The largest absolute Gasteiger partial charge is 0.336 e. The maximum Gasteiger partial charge on any atom is 0.244 e. The zero-order valence-corrected chi connectivity index (χ0v) is 12.8. The molecule has 22 heavy (non-hydrogen) atoms. The average molecular weight is 295 g/mol. The Bertz CT molecular complexity index is 681. The van der Waals surface area contributed by atoms with Gasteiger partial charge >= 0.3 is 0 Å². The van der Waals surface area contributed by atoms with Crippen LogP contribution < -0.4 is 0 Å². The molecule has 1 aliphatic carbocycles. The second-order valence-corrected chi connectivity index (χ2v) is 6.34. The van der Waals surface area contributed by atoms with Gasteiger partial charge in [0.1, 0.15) is 6.54 Å². The van der Waals surface area contributed by atoms with Gasteiger partial charge in [-0.1, -0.05) is 24.3 Å². The van der Waals surface area contributed by atoms with Crippen LogP contribution >= 0.6 is 0 Å². The Labute approximate surface area is 130 Å². The molecule has 4 rings (SSSR count). The topological polar surface area (TPSA) is 38.1 Å². The van der Waals surface area contributed by atoms with Crippen LogP contribution in [0, 0.1) is 0 Å². The van der Waals surface area contributed by atoms with Crippen molar-refractivity contribution in [2.45, 2.75) is 45.2 Å². The summed E-state index contributed by atoms with van der Waals surface area (Å²) in [5, 5.41) is 4.60. The molecule has 0 unspecified atom stereocenters. The zero-order valence-electron chi connectivity index (χ0n) is 12.8. The maximum atomic E-state index is 12.6. The molecule has 1 aliphatic heterocycles. The van der Waals surface area contributed by atoms with Gasteiger partial charge in [0, 0.05) is 19.3 Å². The fourth-order valence-electron chi connectivity index (χ4n) is 3.56. The molecule has 1 aromatic heterocycles. The third kappa shape index (κ3) is 2.54. The first-order valence-corrected chi connectivity index (χ1v) is 8.19. The summed E-state index contributed by atoms with van der Waals surface area (Å²) in [6.45, 7) is 1.92. The van der Waals surface area contributed by atoms with E-state index >= 15 is 0 Å². The van der Waals surface area contributed by atoms with Crippen molar-refractivity contribution in [3.8, 4) is 0 Å². The number of hydrogen-bond donors (Lipinski definition) is 0. The molecule has 2 heterocycles. The predicted molar refractivity (Wildman–Crippen MR) is 84.4 cm³/mol. The Kier molecular flexibility index (Phi) is 3.45. The van der Waals surface area contributed by atoms with Gasteiger partial charge in [-0.2, -0.15) is 5.10 Å². The first kappa shape index (κ1) is 13.6. The first-order chi connectivity index (χ1) is 10.8. The normalized spacial score (nSPS) is 17.0. The number of nitrogens with zero attached hydrogens (tertiary/aromatic N) is 3. The Hall–Kier alpha value is -2.10. The van der Waals surface area contributed by atoms with Gasteiger partial charge in [-0.25, -0.2) is 0 Å². The fourth-order valence-corrected chi connectivity index (χ4v) is 3.56. The van der Waals surface area contributed by atoms with E-state index in [2.05, 4.69) is 29.5 Å². The molecule has 4 heteroatoms. The van der Waals surface area contributed by atoms with E-state index in [0.29, 0.717) is 6.54 Å². The molecule has 0 saturated carbocycles. The minimum atomic E-state index is 0.175. The summed E-state index contributed by atoms with van der Waals surface area (Å²) in [6.07, 6.45) is 7.67. The van der Waals surface area contributed by atoms with Gasteiger partial charge in [-0.15, -0.1) is 0 Å². The monoisotopic (exact) mass is 295 g/mol. The Morgan fingerprint density at radius 2 is 1.86 bits per heavy atom. The van der Waals surface area contributed by atoms with E-state index < -0.39 is 0 Å². The van der Waals surface area contributed by atoms with Gasteiger partial charge in [0.2, 0.25) is 5.91 Å². The highest BCUT2D eigenvalue weighted by Crippen LogP contribution is 2.21. The number of carbonyl (C=O) groups excluding carboxylic acids is 1. The van der Waals surface area contributed by atoms with E-state index in [4.69, 9.17) is 0 Å². The van der Waals surface area contributed by atoms with Crippen LogP contribution in [0.1, 0.15) is 35.2 Å². The molecule has 4 nitrogen and oxygen atoms in total. The van der Waals surface area contributed by atoms with Gasteiger partial charge in [0.15, 0.2) is 0 Å². The average Bonchev–Trinajstić information content (AvgIpc) is 2.96. The molecule has 2 aromatic rings. The summed E-state index contributed by atoms with van der Waals surface area (Å²) < 4.78 is 1.85. The Morgan fingerprint density at radius 1 is 1.05 bits per heavy atom. The third-order valence-electron chi connectivity index (χ3n) is 4.81. The van der Waals surface area contributed by atoms with Gasteiger partial charge in [0.25, 0.3) is 0 Å². The van der Waals surface area contributed by atoms with Crippen LogP contribution in [0.2, 0.25) is 0 Å². The van der Waals surface area contributed by atoms with Crippen molar-refractivity contribution in [3.63, 3.8) is 0 Å². The molecule has 0 radical (unpaired) electrons. The van der Waals surface area contributed by atoms with Gasteiger partial charge in [0.05, 0.1) is 5.69 Å². The summed E-state index contributed by atoms with van der Waals surface area (Å²) in [5.41, 5.74) is 5.19. The van der Waals surface area contributed by atoms with Gasteiger partial charge in [-0.05, 0) is 48.8 Å². The maximum absolute atomic E-state index is 12.6. The fraction of sp³-hybridized carbons (Fsp3) is 0.444. The standard InChI is InChI=1S/C18H21N3O/c22-18(13-21-12-16-7-3-4-8-17(16)19-21)20-10-9-14-5-1-2-6-15(14)11-20/h1-2,5-6,12H,3-4,7-11,13H2. The number of benzene rings is 1. The van der Waals surface area contributed by atoms with E-state index in [1.807, 2.05) is 15.6 Å². The van der Waals surface area contributed by atoms with E-state index in [9.17, 15) is 4.79 Å². The van der Waals surface area contributed by atoms with Crippen molar-refractivity contribution in [3.05, 3.63) is 52.8 Å². The lowest BCUT2D eigenvalue weighted by atomic mass is 9.99. The zero-order chi connectivity index (χ0) is 14.9. The molecule has 114 valence electrons. The minimum Gasteiger partial charge on any atom is -0.336 e. The highest BCUT2D eigenvalue weighted by atomic mass is 16.2.